The summed E-state index contributed by atoms with van der Waals surface area (Å²) in [5, 5.41) is 15.5. The van der Waals surface area contributed by atoms with Crippen molar-refractivity contribution in [2.45, 2.75) is 69.4 Å². The Hall–Kier alpha value is -1.32. The van der Waals surface area contributed by atoms with Gasteiger partial charge in [-0.2, -0.15) is 0 Å². The molecular weight excluding hydrogens is 284 g/mol. The van der Waals surface area contributed by atoms with Crippen LogP contribution in [-0.4, -0.2) is 28.3 Å². The number of aryl methyl sites for hydroxylation is 1. The maximum absolute atomic E-state index is 10.6. The molecule has 1 aromatic heterocycles. The van der Waals surface area contributed by atoms with Crippen molar-refractivity contribution in [1.29, 1.82) is 0 Å². The first-order valence-electron chi connectivity index (χ1n) is 9.27. The third kappa shape index (κ3) is 3.31. The highest BCUT2D eigenvalue weighted by molar-refractivity contribution is 5.84. The van der Waals surface area contributed by atoms with Crippen LogP contribution in [0.2, 0.25) is 0 Å². The molecule has 1 saturated heterocycles. The molecule has 2 heterocycles. The number of fused-ring (bicyclic) bond motifs is 1. The van der Waals surface area contributed by atoms with E-state index in [1.807, 2.05) is 0 Å². The van der Waals surface area contributed by atoms with E-state index in [0.29, 0.717) is 6.04 Å². The number of aliphatic hydroxyl groups is 1. The third-order valence-corrected chi connectivity index (χ3v) is 5.87. The van der Waals surface area contributed by atoms with Gasteiger partial charge in [0, 0.05) is 23.1 Å². The standard InChI is InChI=1S/C20H28N2O/c23-20(8-1-2-9-20)10-7-15-5-6-19-18(12-15)16(14-22-19)13-17-4-3-11-21-17/h5-6,12,14,17,21-23H,1-4,7-11,13H2/t17-/m1/s1. The largest absolute Gasteiger partial charge is 0.390 e. The molecule has 1 aromatic carbocycles. The van der Waals surface area contributed by atoms with Crippen molar-refractivity contribution in [3.05, 3.63) is 35.5 Å². The molecular formula is C20H28N2O. The Labute approximate surface area is 138 Å². The molecule has 1 atom stereocenters. The van der Waals surface area contributed by atoms with Crippen LogP contribution < -0.4 is 5.32 Å². The lowest BCUT2D eigenvalue weighted by atomic mass is 9.92. The third-order valence-electron chi connectivity index (χ3n) is 5.87. The van der Waals surface area contributed by atoms with Gasteiger partial charge in [0.25, 0.3) is 0 Å². The molecule has 3 N–H and O–H groups in total. The lowest BCUT2D eigenvalue weighted by Crippen LogP contribution is -2.24. The van der Waals surface area contributed by atoms with Crippen LogP contribution >= 0.6 is 0 Å². The first kappa shape index (κ1) is 15.2. The zero-order chi connectivity index (χ0) is 15.7. The summed E-state index contributed by atoms with van der Waals surface area (Å²) >= 11 is 0. The highest BCUT2D eigenvalue weighted by Crippen LogP contribution is 2.33. The maximum atomic E-state index is 10.6. The topological polar surface area (TPSA) is 48.0 Å². The molecule has 124 valence electrons. The van der Waals surface area contributed by atoms with Crippen molar-refractivity contribution >= 4 is 10.9 Å². The summed E-state index contributed by atoms with van der Waals surface area (Å²) in [6.45, 7) is 1.16. The zero-order valence-electron chi connectivity index (χ0n) is 13.9. The molecule has 0 radical (unpaired) electrons. The summed E-state index contributed by atoms with van der Waals surface area (Å²) in [5.74, 6) is 0. The molecule has 0 spiro atoms. The monoisotopic (exact) mass is 312 g/mol. The Kier molecular flexibility index (Phi) is 4.16. The summed E-state index contributed by atoms with van der Waals surface area (Å²) in [5.41, 5.74) is 3.63. The molecule has 1 aliphatic carbocycles. The second-order valence-electron chi connectivity index (χ2n) is 7.62. The number of aromatic amines is 1. The minimum atomic E-state index is -0.399. The molecule has 1 aliphatic heterocycles. The second kappa shape index (κ2) is 6.29. The van der Waals surface area contributed by atoms with Gasteiger partial charge in [-0.05, 0) is 74.8 Å². The van der Waals surface area contributed by atoms with Crippen molar-refractivity contribution in [2.75, 3.05) is 6.54 Å². The molecule has 0 amide bonds. The van der Waals surface area contributed by atoms with E-state index in [2.05, 4.69) is 34.7 Å². The van der Waals surface area contributed by atoms with E-state index in [1.165, 1.54) is 47.7 Å². The van der Waals surface area contributed by atoms with Gasteiger partial charge < -0.3 is 15.4 Å². The van der Waals surface area contributed by atoms with Crippen molar-refractivity contribution in [3.63, 3.8) is 0 Å². The van der Waals surface area contributed by atoms with Gasteiger partial charge in [-0.15, -0.1) is 0 Å². The van der Waals surface area contributed by atoms with E-state index < -0.39 is 5.60 Å². The first-order chi connectivity index (χ1) is 11.2. The van der Waals surface area contributed by atoms with Gasteiger partial charge in [-0.3, -0.25) is 0 Å². The molecule has 23 heavy (non-hydrogen) atoms. The Morgan fingerprint density at radius 3 is 2.83 bits per heavy atom. The maximum Gasteiger partial charge on any atom is 0.0651 e. The minimum absolute atomic E-state index is 0.399. The Balaban J connectivity index is 1.49. The van der Waals surface area contributed by atoms with E-state index in [0.717, 1.165) is 38.6 Å². The summed E-state index contributed by atoms with van der Waals surface area (Å²) < 4.78 is 0. The number of hydrogen-bond acceptors (Lipinski definition) is 2. The lowest BCUT2D eigenvalue weighted by Gasteiger charge is -2.21. The predicted molar refractivity (Wildman–Crippen MR) is 94.8 cm³/mol. The SMILES string of the molecule is OC1(CCc2ccc3[nH]cc(C[C@H]4CCCN4)c3c2)CCCC1. The molecule has 3 nitrogen and oxygen atoms in total. The van der Waals surface area contributed by atoms with E-state index in [9.17, 15) is 5.11 Å². The highest BCUT2D eigenvalue weighted by atomic mass is 16.3. The van der Waals surface area contributed by atoms with Crippen LogP contribution in [0.25, 0.3) is 10.9 Å². The van der Waals surface area contributed by atoms with Crippen LogP contribution in [0.5, 0.6) is 0 Å². The molecule has 2 fully saturated rings. The van der Waals surface area contributed by atoms with Gasteiger partial charge in [0.2, 0.25) is 0 Å². The number of aromatic nitrogens is 1. The molecule has 0 unspecified atom stereocenters. The van der Waals surface area contributed by atoms with Crippen LogP contribution in [0, 0.1) is 0 Å². The first-order valence-corrected chi connectivity index (χ1v) is 9.27. The van der Waals surface area contributed by atoms with Gasteiger partial charge in [0.05, 0.1) is 5.60 Å². The van der Waals surface area contributed by atoms with E-state index >= 15 is 0 Å². The summed E-state index contributed by atoms with van der Waals surface area (Å²) in [6, 6.07) is 7.40. The van der Waals surface area contributed by atoms with Crippen LogP contribution in [0.4, 0.5) is 0 Å². The van der Waals surface area contributed by atoms with Gasteiger partial charge in [0.1, 0.15) is 0 Å². The smallest absolute Gasteiger partial charge is 0.0651 e. The molecule has 2 aliphatic rings. The fourth-order valence-electron chi connectivity index (χ4n) is 4.41. The average molecular weight is 312 g/mol. The number of benzene rings is 1. The molecule has 0 bridgehead atoms. The Morgan fingerprint density at radius 2 is 2.04 bits per heavy atom. The normalized spacial score (nSPS) is 23.8. The number of nitrogens with one attached hydrogen (secondary N) is 2. The van der Waals surface area contributed by atoms with E-state index in [1.54, 1.807) is 0 Å². The lowest BCUT2D eigenvalue weighted by molar-refractivity contribution is 0.0391. The van der Waals surface area contributed by atoms with Gasteiger partial charge in [-0.1, -0.05) is 18.9 Å². The number of hydrogen-bond donors (Lipinski definition) is 3. The van der Waals surface area contributed by atoms with Crippen molar-refractivity contribution in [3.8, 4) is 0 Å². The van der Waals surface area contributed by atoms with E-state index in [4.69, 9.17) is 0 Å². The van der Waals surface area contributed by atoms with Crippen LogP contribution in [0.1, 0.15) is 56.1 Å². The van der Waals surface area contributed by atoms with Gasteiger partial charge in [-0.25, -0.2) is 0 Å². The Bertz CT molecular complexity index is 663. The fourth-order valence-corrected chi connectivity index (χ4v) is 4.41. The quantitative estimate of drug-likeness (QED) is 0.788. The van der Waals surface area contributed by atoms with E-state index in [-0.39, 0.29) is 0 Å². The van der Waals surface area contributed by atoms with Crippen LogP contribution in [-0.2, 0) is 12.8 Å². The number of rotatable bonds is 5. The summed E-state index contributed by atoms with van der Waals surface area (Å²) in [7, 11) is 0. The van der Waals surface area contributed by atoms with Crippen LogP contribution in [0.3, 0.4) is 0 Å². The molecule has 3 heteroatoms. The molecule has 4 rings (SSSR count). The van der Waals surface area contributed by atoms with Gasteiger partial charge >= 0.3 is 0 Å². The molecule has 1 saturated carbocycles. The Morgan fingerprint density at radius 1 is 1.17 bits per heavy atom. The van der Waals surface area contributed by atoms with Gasteiger partial charge in [0.15, 0.2) is 0 Å². The second-order valence-corrected chi connectivity index (χ2v) is 7.62. The molecule has 2 aromatic rings. The highest BCUT2D eigenvalue weighted by Gasteiger charge is 2.30. The number of H-pyrrole nitrogens is 1. The van der Waals surface area contributed by atoms with Crippen molar-refractivity contribution in [1.82, 2.24) is 10.3 Å². The minimum Gasteiger partial charge on any atom is -0.390 e. The van der Waals surface area contributed by atoms with Crippen molar-refractivity contribution in [2.24, 2.45) is 0 Å². The predicted octanol–water partition coefficient (Wildman–Crippen LogP) is 3.70. The summed E-state index contributed by atoms with van der Waals surface area (Å²) in [6.07, 6.45) is 12.1. The van der Waals surface area contributed by atoms with Crippen molar-refractivity contribution < 1.29 is 5.11 Å². The summed E-state index contributed by atoms with van der Waals surface area (Å²) in [4.78, 5) is 3.42. The average Bonchev–Trinajstić information content (AvgIpc) is 3.29. The zero-order valence-corrected chi connectivity index (χ0v) is 13.9. The van der Waals surface area contributed by atoms with Crippen LogP contribution in [0.15, 0.2) is 24.4 Å². The fraction of sp³-hybridized carbons (Fsp3) is 0.600.